The normalized spacial score (nSPS) is 10.9. The number of halogens is 1. The fraction of sp³-hybridized carbons (Fsp3) is 0.333. The molecule has 0 unspecified atom stereocenters. The fourth-order valence-corrected chi connectivity index (χ4v) is 2.06. The second-order valence-electron chi connectivity index (χ2n) is 3.55. The van der Waals surface area contributed by atoms with Gasteiger partial charge in [0, 0.05) is 29.0 Å². The van der Waals surface area contributed by atoms with Crippen molar-refractivity contribution < 1.29 is 4.74 Å². The highest BCUT2D eigenvalue weighted by Gasteiger charge is 2.05. The highest BCUT2D eigenvalue weighted by Crippen LogP contribution is 2.24. The van der Waals surface area contributed by atoms with Crippen LogP contribution in [0.5, 0.6) is 5.75 Å². The van der Waals surface area contributed by atoms with Crippen molar-refractivity contribution in [2.75, 3.05) is 13.0 Å². The third-order valence-electron chi connectivity index (χ3n) is 2.62. The summed E-state index contributed by atoms with van der Waals surface area (Å²) >= 11 is 5.78. The summed E-state index contributed by atoms with van der Waals surface area (Å²) in [6.07, 6.45) is 0. The number of benzene rings is 1. The SMILES string of the molecule is COc1ccc2c(c1)cc(C)n2CCCl. The van der Waals surface area contributed by atoms with Gasteiger partial charge in [0.05, 0.1) is 7.11 Å². The molecule has 3 heteroatoms. The zero-order valence-corrected chi connectivity index (χ0v) is 9.71. The Hall–Kier alpha value is -1.15. The van der Waals surface area contributed by atoms with E-state index in [9.17, 15) is 0 Å². The van der Waals surface area contributed by atoms with E-state index in [1.54, 1.807) is 7.11 Å². The molecule has 15 heavy (non-hydrogen) atoms. The Labute approximate surface area is 94.4 Å². The molecule has 2 rings (SSSR count). The number of ether oxygens (including phenoxy) is 1. The number of methoxy groups -OCH3 is 1. The van der Waals surface area contributed by atoms with Crippen LogP contribution in [0.25, 0.3) is 10.9 Å². The van der Waals surface area contributed by atoms with Crippen LogP contribution in [0.3, 0.4) is 0 Å². The van der Waals surface area contributed by atoms with Gasteiger partial charge in [-0.05, 0) is 31.2 Å². The lowest BCUT2D eigenvalue weighted by Crippen LogP contribution is -2.00. The number of hydrogen-bond donors (Lipinski definition) is 0. The zero-order valence-electron chi connectivity index (χ0n) is 8.96. The molecule has 0 saturated carbocycles. The van der Waals surface area contributed by atoms with Gasteiger partial charge in [-0.1, -0.05) is 0 Å². The molecule has 0 saturated heterocycles. The summed E-state index contributed by atoms with van der Waals surface area (Å²) < 4.78 is 7.42. The van der Waals surface area contributed by atoms with Gasteiger partial charge in [-0.2, -0.15) is 0 Å². The molecule has 0 aliphatic heterocycles. The number of alkyl halides is 1. The number of nitrogens with zero attached hydrogens (tertiary/aromatic N) is 1. The number of aromatic nitrogens is 1. The van der Waals surface area contributed by atoms with E-state index in [1.165, 1.54) is 16.6 Å². The predicted octanol–water partition coefficient (Wildman–Crippen LogP) is 3.20. The lowest BCUT2D eigenvalue weighted by atomic mass is 10.2. The van der Waals surface area contributed by atoms with Crippen molar-refractivity contribution in [3.8, 4) is 5.75 Å². The highest BCUT2D eigenvalue weighted by atomic mass is 35.5. The number of rotatable bonds is 3. The van der Waals surface area contributed by atoms with Gasteiger partial charge in [-0.3, -0.25) is 0 Å². The third kappa shape index (κ3) is 1.82. The molecular formula is C12H14ClNO. The van der Waals surface area contributed by atoms with Crippen LogP contribution in [0, 0.1) is 6.92 Å². The maximum absolute atomic E-state index is 5.78. The van der Waals surface area contributed by atoms with Gasteiger partial charge in [0.15, 0.2) is 0 Å². The molecule has 0 atom stereocenters. The predicted molar refractivity (Wildman–Crippen MR) is 63.9 cm³/mol. The van der Waals surface area contributed by atoms with E-state index < -0.39 is 0 Å². The first-order valence-corrected chi connectivity index (χ1v) is 5.49. The average molecular weight is 224 g/mol. The molecule has 80 valence electrons. The van der Waals surface area contributed by atoms with Crippen LogP contribution in [0.1, 0.15) is 5.69 Å². The second kappa shape index (κ2) is 4.15. The average Bonchev–Trinajstić information content (AvgIpc) is 2.55. The Bertz CT molecular complexity index is 476. The Kier molecular flexibility index (Phi) is 2.87. The monoisotopic (exact) mass is 223 g/mol. The molecule has 2 aromatic rings. The van der Waals surface area contributed by atoms with Crippen molar-refractivity contribution in [1.82, 2.24) is 4.57 Å². The number of aryl methyl sites for hydroxylation is 2. The van der Waals surface area contributed by atoms with Crippen LogP contribution in [0.2, 0.25) is 0 Å². The van der Waals surface area contributed by atoms with Gasteiger partial charge < -0.3 is 9.30 Å². The van der Waals surface area contributed by atoms with Gasteiger partial charge in [0.2, 0.25) is 0 Å². The molecule has 0 fully saturated rings. The highest BCUT2D eigenvalue weighted by molar-refractivity contribution is 6.17. The Balaban J connectivity index is 2.58. The summed E-state index contributed by atoms with van der Waals surface area (Å²) in [4.78, 5) is 0. The van der Waals surface area contributed by atoms with Crippen LogP contribution >= 0.6 is 11.6 Å². The second-order valence-corrected chi connectivity index (χ2v) is 3.93. The smallest absolute Gasteiger partial charge is 0.119 e. The molecule has 0 aliphatic carbocycles. The summed E-state index contributed by atoms with van der Waals surface area (Å²) in [6.45, 7) is 2.95. The van der Waals surface area contributed by atoms with Gasteiger partial charge in [-0.15, -0.1) is 11.6 Å². The minimum atomic E-state index is 0.636. The first-order valence-electron chi connectivity index (χ1n) is 4.96. The summed E-state index contributed by atoms with van der Waals surface area (Å²) in [7, 11) is 1.68. The van der Waals surface area contributed by atoms with Crippen molar-refractivity contribution in [3.63, 3.8) is 0 Å². The standard InChI is InChI=1S/C12H14ClNO/c1-9-7-10-8-11(15-2)3-4-12(10)14(9)6-5-13/h3-4,7-8H,5-6H2,1-2H3. The van der Waals surface area contributed by atoms with Crippen LogP contribution in [0.4, 0.5) is 0 Å². The fourth-order valence-electron chi connectivity index (χ4n) is 1.90. The maximum atomic E-state index is 5.78. The maximum Gasteiger partial charge on any atom is 0.119 e. The third-order valence-corrected chi connectivity index (χ3v) is 2.79. The van der Waals surface area contributed by atoms with E-state index in [0.717, 1.165) is 12.3 Å². The minimum absolute atomic E-state index is 0.636. The van der Waals surface area contributed by atoms with Gasteiger partial charge in [-0.25, -0.2) is 0 Å². The molecule has 1 heterocycles. The topological polar surface area (TPSA) is 14.2 Å². The minimum Gasteiger partial charge on any atom is -0.497 e. The van der Waals surface area contributed by atoms with E-state index in [0.29, 0.717) is 5.88 Å². The molecule has 1 aromatic heterocycles. The van der Waals surface area contributed by atoms with E-state index in [1.807, 2.05) is 12.1 Å². The Morgan fingerprint density at radius 1 is 1.33 bits per heavy atom. The molecule has 2 nitrogen and oxygen atoms in total. The van der Waals surface area contributed by atoms with Crippen molar-refractivity contribution in [2.24, 2.45) is 0 Å². The summed E-state index contributed by atoms with van der Waals surface area (Å²) in [6, 6.07) is 8.26. The summed E-state index contributed by atoms with van der Waals surface area (Å²) in [5, 5.41) is 1.21. The van der Waals surface area contributed by atoms with E-state index in [-0.39, 0.29) is 0 Å². The Morgan fingerprint density at radius 3 is 2.80 bits per heavy atom. The number of fused-ring (bicyclic) bond motifs is 1. The zero-order chi connectivity index (χ0) is 10.8. The number of hydrogen-bond acceptors (Lipinski definition) is 1. The largest absolute Gasteiger partial charge is 0.497 e. The molecule has 0 N–H and O–H groups in total. The van der Waals surface area contributed by atoms with Gasteiger partial charge in [0.25, 0.3) is 0 Å². The molecule has 0 aliphatic rings. The van der Waals surface area contributed by atoms with Crippen molar-refractivity contribution in [2.45, 2.75) is 13.5 Å². The van der Waals surface area contributed by atoms with Crippen molar-refractivity contribution in [1.29, 1.82) is 0 Å². The first kappa shape index (κ1) is 10.4. The summed E-state index contributed by atoms with van der Waals surface area (Å²) in [5.41, 5.74) is 2.45. The lowest BCUT2D eigenvalue weighted by Gasteiger charge is -2.05. The van der Waals surface area contributed by atoms with Crippen LogP contribution in [0.15, 0.2) is 24.3 Å². The van der Waals surface area contributed by atoms with E-state index in [2.05, 4.69) is 23.6 Å². The van der Waals surface area contributed by atoms with Crippen molar-refractivity contribution in [3.05, 3.63) is 30.0 Å². The quantitative estimate of drug-likeness (QED) is 0.729. The van der Waals surface area contributed by atoms with E-state index >= 15 is 0 Å². The summed E-state index contributed by atoms with van der Waals surface area (Å²) in [5.74, 6) is 1.53. The molecule has 1 aromatic carbocycles. The van der Waals surface area contributed by atoms with Crippen molar-refractivity contribution >= 4 is 22.5 Å². The molecule has 0 amide bonds. The van der Waals surface area contributed by atoms with Gasteiger partial charge >= 0.3 is 0 Å². The van der Waals surface area contributed by atoms with E-state index in [4.69, 9.17) is 16.3 Å². The van der Waals surface area contributed by atoms with Crippen LogP contribution in [-0.2, 0) is 6.54 Å². The van der Waals surface area contributed by atoms with Crippen LogP contribution in [-0.4, -0.2) is 17.6 Å². The molecular weight excluding hydrogens is 210 g/mol. The first-order chi connectivity index (χ1) is 7.26. The lowest BCUT2D eigenvalue weighted by molar-refractivity contribution is 0.415. The van der Waals surface area contributed by atoms with Crippen LogP contribution < -0.4 is 4.74 Å². The molecule has 0 bridgehead atoms. The Morgan fingerprint density at radius 2 is 2.13 bits per heavy atom. The molecule has 0 radical (unpaired) electrons. The molecule has 0 spiro atoms. The van der Waals surface area contributed by atoms with Gasteiger partial charge in [0.1, 0.15) is 5.75 Å².